The molecule has 0 spiro atoms. The van der Waals surface area contributed by atoms with Crippen LogP contribution in [0.5, 0.6) is 11.5 Å². The predicted octanol–water partition coefficient (Wildman–Crippen LogP) is 2.23. The van der Waals surface area contributed by atoms with E-state index in [0.29, 0.717) is 0 Å². The molecule has 0 aliphatic heterocycles. The minimum Gasteiger partial charge on any atom is -0.496 e. The number of benzene rings is 1. The van der Waals surface area contributed by atoms with Crippen molar-refractivity contribution >= 4 is 0 Å². The highest BCUT2D eigenvalue weighted by atomic mass is 16.5. The summed E-state index contributed by atoms with van der Waals surface area (Å²) in [4.78, 5) is 0. The summed E-state index contributed by atoms with van der Waals surface area (Å²) in [6, 6.07) is 4.01. The van der Waals surface area contributed by atoms with Crippen molar-refractivity contribution in [3.8, 4) is 11.5 Å². The molecular weight excluding hydrogens is 240 g/mol. The number of methoxy groups -OCH3 is 2. The van der Waals surface area contributed by atoms with Crippen LogP contribution >= 0.6 is 0 Å². The molecule has 0 heterocycles. The molecule has 0 amide bonds. The van der Waals surface area contributed by atoms with Gasteiger partial charge in [-0.3, -0.25) is 0 Å². The molecule has 0 atom stereocenters. The standard InChI is InChI=1S/C15H26N2O2/c1-11-13(18-4)7-6-12(14(11)19-5)10-17-9-8-15(2,3)16/h6-7,17H,8-10,16H2,1-5H3. The van der Waals surface area contributed by atoms with Crippen molar-refractivity contribution in [1.29, 1.82) is 0 Å². The molecule has 0 aliphatic carbocycles. The summed E-state index contributed by atoms with van der Waals surface area (Å²) >= 11 is 0. The van der Waals surface area contributed by atoms with Crippen LogP contribution in [-0.4, -0.2) is 26.3 Å². The first kappa shape index (κ1) is 15.8. The highest BCUT2D eigenvalue weighted by Crippen LogP contribution is 2.31. The van der Waals surface area contributed by atoms with Gasteiger partial charge < -0.3 is 20.5 Å². The first-order valence-electron chi connectivity index (χ1n) is 6.59. The summed E-state index contributed by atoms with van der Waals surface area (Å²) in [5.74, 6) is 1.74. The number of nitrogens with two attached hydrogens (primary N) is 1. The third-order valence-corrected chi connectivity index (χ3v) is 3.12. The topological polar surface area (TPSA) is 56.5 Å². The summed E-state index contributed by atoms with van der Waals surface area (Å²) in [7, 11) is 3.36. The molecule has 0 aliphatic rings. The van der Waals surface area contributed by atoms with Gasteiger partial charge in [0.1, 0.15) is 11.5 Å². The average Bonchev–Trinajstić information content (AvgIpc) is 2.33. The van der Waals surface area contributed by atoms with Gasteiger partial charge in [0.25, 0.3) is 0 Å². The second kappa shape index (κ2) is 6.78. The number of hydrogen-bond donors (Lipinski definition) is 2. The summed E-state index contributed by atoms with van der Waals surface area (Å²) in [6.07, 6.45) is 0.935. The Balaban J connectivity index is 2.66. The van der Waals surface area contributed by atoms with E-state index >= 15 is 0 Å². The van der Waals surface area contributed by atoms with Gasteiger partial charge in [-0.1, -0.05) is 6.07 Å². The molecule has 0 bridgehead atoms. The van der Waals surface area contributed by atoms with Gasteiger partial charge in [-0.05, 0) is 39.8 Å². The molecule has 0 saturated heterocycles. The van der Waals surface area contributed by atoms with E-state index in [0.717, 1.165) is 42.1 Å². The molecule has 1 rings (SSSR count). The molecule has 0 fully saturated rings. The maximum atomic E-state index is 5.95. The molecular formula is C15H26N2O2. The number of ether oxygens (including phenoxy) is 2. The first-order valence-corrected chi connectivity index (χ1v) is 6.59. The molecule has 3 N–H and O–H groups in total. The van der Waals surface area contributed by atoms with Gasteiger partial charge in [0, 0.05) is 23.2 Å². The lowest BCUT2D eigenvalue weighted by molar-refractivity contribution is 0.383. The Morgan fingerprint density at radius 1 is 1.21 bits per heavy atom. The van der Waals surface area contributed by atoms with Gasteiger partial charge in [0.2, 0.25) is 0 Å². The first-order chi connectivity index (χ1) is 8.89. The van der Waals surface area contributed by atoms with E-state index in [9.17, 15) is 0 Å². The monoisotopic (exact) mass is 266 g/mol. The molecule has 0 unspecified atom stereocenters. The zero-order valence-corrected chi connectivity index (χ0v) is 12.7. The Labute approximate surface area is 116 Å². The van der Waals surface area contributed by atoms with E-state index in [1.807, 2.05) is 32.9 Å². The van der Waals surface area contributed by atoms with Gasteiger partial charge in [0.05, 0.1) is 14.2 Å². The van der Waals surface area contributed by atoms with Crippen LogP contribution in [0, 0.1) is 6.92 Å². The van der Waals surface area contributed by atoms with Gasteiger partial charge >= 0.3 is 0 Å². The molecule has 1 aromatic carbocycles. The molecule has 4 heteroatoms. The quantitative estimate of drug-likeness (QED) is 0.743. The van der Waals surface area contributed by atoms with E-state index in [1.54, 1.807) is 14.2 Å². The molecule has 19 heavy (non-hydrogen) atoms. The molecule has 4 nitrogen and oxygen atoms in total. The Hall–Kier alpha value is -1.26. The van der Waals surface area contributed by atoms with Crippen LogP contribution in [0.25, 0.3) is 0 Å². The van der Waals surface area contributed by atoms with Crippen molar-refractivity contribution in [2.24, 2.45) is 5.73 Å². The second-order valence-electron chi connectivity index (χ2n) is 5.50. The Morgan fingerprint density at radius 3 is 2.42 bits per heavy atom. The third-order valence-electron chi connectivity index (χ3n) is 3.12. The van der Waals surface area contributed by atoms with Gasteiger partial charge in [-0.15, -0.1) is 0 Å². The van der Waals surface area contributed by atoms with Crippen LogP contribution in [0.3, 0.4) is 0 Å². The summed E-state index contributed by atoms with van der Waals surface area (Å²) < 4.78 is 10.8. The highest BCUT2D eigenvalue weighted by molar-refractivity contribution is 5.49. The lowest BCUT2D eigenvalue weighted by Crippen LogP contribution is -2.35. The van der Waals surface area contributed by atoms with Crippen LogP contribution in [0.2, 0.25) is 0 Å². The Kier molecular flexibility index (Phi) is 5.63. The number of hydrogen-bond acceptors (Lipinski definition) is 4. The van der Waals surface area contributed by atoms with Crippen molar-refractivity contribution in [3.63, 3.8) is 0 Å². The Bertz CT molecular complexity index is 411. The third kappa shape index (κ3) is 4.73. The summed E-state index contributed by atoms with van der Waals surface area (Å²) in [5.41, 5.74) is 7.99. The van der Waals surface area contributed by atoms with Gasteiger partial charge in [-0.25, -0.2) is 0 Å². The highest BCUT2D eigenvalue weighted by Gasteiger charge is 2.12. The maximum Gasteiger partial charge on any atom is 0.129 e. The molecule has 108 valence electrons. The van der Waals surface area contributed by atoms with Crippen molar-refractivity contribution in [3.05, 3.63) is 23.3 Å². The SMILES string of the molecule is COc1ccc(CNCCC(C)(C)N)c(OC)c1C. The van der Waals surface area contributed by atoms with Crippen LogP contribution in [0.15, 0.2) is 12.1 Å². The summed E-state index contributed by atoms with van der Waals surface area (Å²) in [6.45, 7) is 7.73. The van der Waals surface area contributed by atoms with Crippen LogP contribution in [0.4, 0.5) is 0 Å². The molecule has 0 saturated carbocycles. The zero-order chi connectivity index (χ0) is 14.5. The largest absolute Gasteiger partial charge is 0.496 e. The minimum atomic E-state index is -0.132. The van der Waals surface area contributed by atoms with Crippen LogP contribution < -0.4 is 20.5 Å². The lowest BCUT2D eigenvalue weighted by Gasteiger charge is -2.19. The smallest absolute Gasteiger partial charge is 0.129 e. The van der Waals surface area contributed by atoms with E-state index in [4.69, 9.17) is 15.2 Å². The fraction of sp³-hybridized carbons (Fsp3) is 0.600. The predicted molar refractivity (Wildman–Crippen MR) is 78.9 cm³/mol. The average molecular weight is 266 g/mol. The van der Waals surface area contributed by atoms with E-state index in [1.165, 1.54) is 0 Å². The zero-order valence-electron chi connectivity index (χ0n) is 12.7. The molecule has 0 aromatic heterocycles. The fourth-order valence-corrected chi connectivity index (χ4v) is 2.01. The fourth-order valence-electron chi connectivity index (χ4n) is 2.01. The lowest BCUT2D eigenvalue weighted by atomic mass is 10.0. The Morgan fingerprint density at radius 2 is 1.89 bits per heavy atom. The normalized spacial score (nSPS) is 11.5. The van der Waals surface area contributed by atoms with Crippen molar-refractivity contribution < 1.29 is 9.47 Å². The van der Waals surface area contributed by atoms with Crippen molar-refractivity contribution in [1.82, 2.24) is 5.32 Å². The van der Waals surface area contributed by atoms with E-state index in [-0.39, 0.29) is 5.54 Å². The minimum absolute atomic E-state index is 0.132. The van der Waals surface area contributed by atoms with Crippen LogP contribution in [-0.2, 0) is 6.54 Å². The molecule has 1 aromatic rings. The van der Waals surface area contributed by atoms with Crippen molar-refractivity contribution in [2.75, 3.05) is 20.8 Å². The van der Waals surface area contributed by atoms with Crippen LogP contribution in [0.1, 0.15) is 31.4 Å². The maximum absolute atomic E-state index is 5.95. The number of nitrogens with one attached hydrogen (secondary N) is 1. The molecule has 0 radical (unpaired) electrons. The number of rotatable bonds is 7. The summed E-state index contributed by atoms with van der Waals surface area (Å²) in [5, 5.41) is 3.40. The van der Waals surface area contributed by atoms with Gasteiger partial charge in [-0.2, -0.15) is 0 Å². The van der Waals surface area contributed by atoms with Gasteiger partial charge in [0.15, 0.2) is 0 Å². The second-order valence-corrected chi connectivity index (χ2v) is 5.50. The van der Waals surface area contributed by atoms with Crippen molar-refractivity contribution in [2.45, 2.75) is 39.3 Å². The van der Waals surface area contributed by atoms with E-state index in [2.05, 4.69) is 5.32 Å². The van der Waals surface area contributed by atoms with E-state index < -0.39 is 0 Å².